The van der Waals surface area contributed by atoms with Gasteiger partial charge in [0.25, 0.3) is 0 Å². The molecular weight excluding hydrogens is 580 g/mol. The van der Waals surface area contributed by atoms with Crippen LogP contribution in [0, 0.1) is 17.7 Å². The summed E-state index contributed by atoms with van der Waals surface area (Å²) in [5.41, 5.74) is 2.06. The van der Waals surface area contributed by atoms with Crippen molar-refractivity contribution in [2.75, 3.05) is 20.2 Å². The molecule has 0 radical (unpaired) electrons. The van der Waals surface area contributed by atoms with Gasteiger partial charge in [-0.05, 0) is 81.3 Å². The average molecular weight is 617 g/mol. The van der Waals surface area contributed by atoms with Crippen molar-refractivity contribution in [1.29, 1.82) is 0 Å². The normalized spacial score (nSPS) is 21.2. The van der Waals surface area contributed by atoms with Crippen LogP contribution in [0.5, 0.6) is 5.75 Å². The zero-order valence-electron chi connectivity index (χ0n) is 24.1. The van der Waals surface area contributed by atoms with Crippen molar-refractivity contribution in [1.82, 2.24) is 24.8 Å². The minimum atomic E-state index is -0.561. The van der Waals surface area contributed by atoms with E-state index in [9.17, 15) is 14.0 Å². The molecule has 2 amide bonds. The second-order valence-corrected chi connectivity index (χ2v) is 12.3. The molecule has 3 unspecified atom stereocenters. The fourth-order valence-electron chi connectivity index (χ4n) is 6.26. The maximum Gasteiger partial charge on any atom is 0.228 e. The van der Waals surface area contributed by atoms with Crippen LogP contribution in [0.25, 0.3) is 11.3 Å². The van der Waals surface area contributed by atoms with Crippen LogP contribution in [0.4, 0.5) is 4.39 Å². The van der Waals surface area contributed by atoms with Crippen LogP contribution in [0.3, 0.4) is 0 Å². The first kappa shape index (κ1) is 30.3. The molecule has 2 saturated heterocycles. The highest BCUT2D eigenvalue weighted by Crippen LogP contribution is 2.42. The number of halogens is 3. The van der Waals surface area contributed by atoms with Crippen LogP contribution in [-0.2, 0) is 16.1 Å². The van der Waals surface area contributed by atoms with Crippen molar-refractivity contribution < 1.29 is 18.7 Å². The number of rotatable bonds is 8. The molecule has 5 rings (SSSR count). The third kappa shape index (κ3) is 6.42. The Hall–Kier alpha value is -3.17. The Balaban J connectivity index is 1.22. The molecule has 2 fully saturated rings. The Kier molecular flexibility index (Phi) is 9.38. The van der Waals surface area contributed by atoms with Crippen molar-refractivity contribution in [2.45, 2.75) is 64.6 Å². The van der Waals surface area contributed by atoms with Crippen LogP contribution >= 0.6 is 23.2 Å². The summed E-state index contributed by atoms with van der Waals surface area (Å²) in [6.45, 7) is 5.82. The summed E-state index contributed by atoms with van der Waals surface area (Å²) >= 11 is 12.3. The molecule has 3 atom stereocenters. The maximum absolute atomic E-state index is 14.4. The van der Waals surface area contributed by atoms with Crippen molar-refractivity contribution in [3.63, 3.8) is 0 Å². The molecule has 1 aromatic heterocycles. The molecule has 0 N–H and O–H groups in total. The number of methoxy groups -OCH3 is 1. The van der Waals surface area contributed by atoms with E-state index in [2.05, 4.69) is 10.3 Å². The number of nitrogens with zero attached hydrogens (tertiary/aromatic N) is 5. The lowest BCUT2D eigenvalue weighted by Gasteiger charge is -2.33. The Labute approximate surface area is 255 Å². The number of benzene rings is 2. The maximum atomic E-state index is 14.4. The number of aromatic nitrogens is 3. The molecule has 0 aliphatic carbocycles. The van der Waals surface area contributed by atoms with Crippen LogP contribution in [0.1, 0.15) is 57.6 Å². The Morgan fingerprint density at radius 1 is 1.12 bits per heavy atom. The predicted octanol–water partition coefficient (Wildman–Crippen LogP) is 6.42. The first-order chi connectivity index (χ1) is 20.2. The molecule has 2 aliphatic heterocycles. The largest absolute Gasteiger partial charge is 0.497 e. The highest BCUT2D eigenvalue weighted by molar-refractivity contribution is 6.33. The number of hydrogen-bond acceptors (Lipinski definition) is 5. The summed E-state index contributed by atoms with van der Waals surface area (Å²) in [7, 11) is 1.61. The second-order valence-electron chi connectivity index (χ2n) is 11.4. The van der Waals surface area contributed by atoms with E-state index in [-0.39, 0.29) is 29.3 Å². The van der Waals surface area contributed by atoms with E-state index in [0.29, 0.717) is 47.6 Å². The van der Waals surface area contributed by atoms with Crippen LogP contribution < -0.4 is 4.74 Å². The van der Waals surface area contributed by atoms with Gasteiger partial charge >= 0.3 is 0 Å². The molecule has 2 aromatic carbocycles. The van der Waals surface area contributed by atoms with Gasteiger partial charge in [-0.15, -0.1) is 5.10 Å². The summed E-state index contributed by atoms with van der Waals surface area (Å²) in [5, 5.41) is 9.21. The summed E-state index contributed by atoms with van der Waals surface area (Å²) in [6, 6.07) is 9.37. The Bertz CT molecular complexity index is 1450. The highest BCUT2D eigenvalue weighted by atomic mass is 35.5. The number of ether oxygens (including phenoxy) is 1. The zero-order valence-corrected chi connectivity index (χ0v) is 25.6. The van der Waals surface area contributed by atoms with Gasteiger partial charge in [-0.25, -0.2) is 4.39 Å². The monoisotopic (exact) mass is 615 g/mol. The summed E-state index contributed by atoms with van der Waals surface area (Å²) in [5.74, 6) is -0.106. The third-order valence-electron chi connectivity index (χ3n) is 8.44. The van der Waals surface area contributed by atoms with Gasteiger partial charge < -0.3 is 14.5 Å². The topological polar surface area (TPSA) is 80.6 Å². The second kappa shape index (κ2) is 13.0. The average Bonchev–Trinajstić information content (AvgIpc) is 3.50. The number of likely N-dealkylation sites (tertiary alicyclic amines) is 2. The molecule has 2 aliphatic rings. The molecule has 11 heteroatoms. The minimum absolute atomic E-state index is 0.0202. The van der Waals surface area contributed by atoms with E-state index < -0.39 is 17.8 Å². The van der Waals surface area contributed by atoms with Crippen LogP contribution in [-0.4, -0.2) is 62.8 Å². The summed E-state index contributed by atoms with van der Waals surface area (Å²) in [6.07, 6.45) is 5.67. The molecule has 0 spiro atoms. The smallest absolute Gasteiger partial charge is 0.228 e. The fourth-order valence-corrected chi connectivity index (χ4v) is 6.59. The van der Waals surface area contributed by atoms with E-state index in [1.165, 1.54) is 12.1 Å². The van der Waals surface area contributed by atoms with Crippen LogP contribution in [0.15, 0.2) is 42.6 Å². The van der Waals surface area contributed by atoms with E-state index in [0.717, 1.165) is 31.2 Å². The van der Waals surface area contributed by atoms with E-state index in [4.69, 9.17) is 27.9 Å². The number of carbonyl (C=O) groups excluding carboxylic acids is 2. The van der Waals surface area contributed by atoms with Gasteiger partial charge in [0.2, 0.25) is 11.8 Å². The number of amides is 2. The third-order valence-corrected chi connectivity index (χ3v) is 9.07. The molecule has 3 aromatic rings. The molecule has 0 bridgehead atoms. The molecule has 3 heterocycles. The summed E-state index contributed by atoms with van der Waals surface area (Å²) in [4.78, 5) is 30.5. The van der Waals surface area contributed by atoms with Crippen LogP contribution in [0.2, 0.25) is 10.0 Å². The summed E-state index contributed by atoms with van der Waals surface area (Å²) < 4.78 is 21.6. The van der Waals surface area contributed by atoms with Gasteiger partial charge in [-0.1, -0.05) is 34.5 Å². The predicted molar refractivity (Wildman–Crippen MR) is 160 cm³/mol. The van der Waals surface area contributed by atoms with E-state index in [1.54, 1.807) is 30.2 Å². The van der Waals surface area contributed by atoms with Crippen molar-refractivity contribution >= 4 is 35.0 Å². The van der Waals surface area contributed by atoms with Crippen molar-refractivity contribution in [2.24, 2.45) is 11.8 Å². The lowest BCUT2D eigenvalue weighted by molar-refractivity contribution is -0.136. The standard InChI is InChI=1S/C31H36Cl2FN5O3/c1-19(2)39-29(40)17-24(30(39)21-6-8-26(33)27(34)15-21)31(41)37-12-4-5-20(10-13-37)11-14-38-18-28(35-36-38)23-16-22(42-3)7-9-25(23)32/h6-9,15-16,18-20,24,30H,4-5,10-14,17H2,1-3H3. The Morgan fingerprint density at radius 2 is 1.90 bits per heavy atom. The molecule has 42 heavy (non-hydrogen) atoms. The van der Waals surface area contributed by atoms with Gasteiger partial charge in [-0.2, -0.15) is 0 Å². The number of aryl methyl sites for hydroxylation is 1. The quantitative estimate of drug-likeness (QED) is 0.292. The van der Waals surface area contributed by atoms with E-state index >= 15 is 0 Å². The minimum Gasteiger partial charge on any atom is -0.497 e. The molecule has 224 valence electrons. The van der Waals surface area contributed by atoms with Gasteiger partial charge in [0.05, 0.1) is 35.3 Å². The van der Waals surface area contributed by atoms with E-state index in [1.807, 2.05) is 35.7 Å². The lowest BCUT2D eigenvalue weighted by Crippen LogP contribution is -2.41. The van der Waals surface area contributed by atoms with Gasteiger partial charge in [0.1, 0.15) is 17.3 Å². The van der Waals surface area contributed by atoms with Crippen molar-refractivity contribution in [3.05, 3.63) is 64.0 Å². The highest BCUT2D eigenvalue weighted by Gasteiger charge is 2.47. The van der Waals surface area contributed by atoms with Crippen molar-refractivity contribution in [3.8, 4) is 17.0 Å². The number of carbonyl (C=O) groups is 2. The molecule has 8 nitrogen and oxygen atoms in total. The first-order valence-corrected chi connectivity index (χ1v) is 15.2. The zero-order chi connectivity index (χ0) is 30.0. The van der Waals surface area contributed by atoms with Gasteiger partial charge in [-0.3, -0.25) is 14.3 Å². The lowest BCUT2D eigenvalue weighted by atomic mass is 9.91. The van der Waals surface area contributed by atoms with Gasteiger partial charge in [0.15, 0.2) is 0 Å². The first-order valence-electron chi connectivity index (χ1n) is 14.4. The fraction of sp³-hybridized carbons (Fsp3) is 0.484. The SMILES string of the molecule is COc1ccc(Cl)c(-c2cn(CCC3CCCN(C(=O)C4CC(=O)N(C(C)C)C4c4ccc(Cl)c(F)c4)CC3)nn2)c1. The Morgan fingerprint density at radius 3 is 2.64 bits per heavy atom. The van der Waals surface area contributed by atoms with Gasteiger partial charge in [0, 0.05) is 37.7 Å². The number of hydrogen-bond donors (Lipinski definition) is 0. The molecule has 0 saturated carbocycles. The molecular formula is C31H36Cl2FN5O3.